The summed E-state index contributed by atoms with van der Waals surface area (Å²) in [6, 6.07) is 1.62. The van der Waals surface area contributed by atoms with Gasteiger partial charge in [-0.05, 0) is 94.4 Å². The van der Waals surface area contributed by atoms with Gasteiger partial charge in [-0.3, -0.25) is 9.59 Å². The molecule has 0 aromatic carbocycles. The molecule has 0 radical (unpaired) electrons. The molecular weight excluding hydrogens is 404 g/mol. The lowest BCUT2D eigenvalue weighted by Crippen LogP contribution is -2.66. The fourth-order valence-electron chi connectivity index (χ4n) is 8.87. The number of rotatable bonds is 5. The van der Waals surface area contributed by atoms with Crippen molar-refractivity contribution >= 4 is 11.9 Å². The number of fused-ring (bicyclic) bond motifs is 1. The van der Waals surface area contributed by atoms with Crippen LogP contribution in [0.3, 0.4) is 0 Å². The van der Waals surface area contributed by atoms with E-state index in [0.717, 1.165) is 70.6 Å². The van der Waals surface area contributed by atoms with Crippen LogP contribution in [0.25, 0.3) is 0 Å². The smallest absolute Gasteiger partial charge is 0.326 e. The molecule has 3 N–H and O–H groups in total. The van der Waals surface area contributed by atoms with Crippen LogP contribution in [0, 0.1) is 34.5 Å². The van der Waals surface area contributed by atoms with Crippen LogP contribution in [-0.2, 0) is 14.3 Å². The fourth-order valence-corrected chi connectivity index (χ4v) is 8.87. The first kappa shape index (κ1) is 20.9. The molecular formula is C25H36N4O3. The van der Waals surface area contributed by atoms with Gasteiger partial charge in [-0.2, -0.15) is 5.26 Å². The average molecular weight is 441 g/mol. The third-order valence-corrected chi connectivity index (χ3v) is 10.1. The topological polar surface area (TPSA) is 108 Å². The SMILES string of the molecule is CNC1(C(=O)OC23CC4CC(C2)CC([C@H](N)C(=O)N2[C@H](C#N)C[C@@H]5C[C@@H]52)(C4)C3)CCCC1. The Morgan fingerprint density at radius 2 is 1.81 bits per heavy atom. The molecule has 0 aromatic rings. The van der Waals surface area contributed by atoms with Gasteiger partial charge in [0.1, 0.15) is 17.2 Å². The highest BCUT2D eigenvalue weighted by molar-refractivity contribution is 5.85. The zero-order chi connectivity index (χ0) is 22.3. The van der Waals surface area contributed by atoms with Crippen molar-refractivity contribution < 1.29 is 14.3 Å². The maximum atomic E-state index is 13.6. The molecule has 6 saturated carbocycles. The van der Waals surface area contributed by atoms with Crippen molar-refractivity contribution in [3.8, 4) is 6.07 Å². The number of hydrogen-bond donors (Lipinski definition) is 2. The number of amides is 1. The number of nitrogens with zero attached hydrogens (tertiary/aromatic N) is 2. The minimum atomic E-state index is -0.605. The molecule has 2 unspecified atom stereocenters. The Hall–Kier alpha value is -1.65. The quantitative estimate of drug-likeness (QED) is 0.635. The average Bonchev–Trinajstić information content (AvgIpc) is 3.19. The molecule has 6 aliphatic carbocycles. The fraction of sp³-hybridized carbons (Fsp3) is 0.880. The van der Waals surface area contributed by atoms with E-state index in [1.807, 2.05) is 11.9 Å². The Morgan fingerprint density at radius 1 is 1.12 bits per heavy atom. The molecule has 7 fully saturated rings. The van der Waals surface area contributed by atoms with Gasteiger partial charge in [0.05, 0.1) is 12.1 Å². The summed E-state index contributed by atoms with van der Waals surface area (Å²) in [6.07, 6.45) is 11.2. The van der Waals surface area contributed by atoms with Crippen LogP contribution in [0.1, 0.15) is 77.0 Å². The molecule has 7 aliphatic rings. The van der Waals surface area contributed by atoms with E-state index in [9.17, 15) is 14.9 Å². The van der Waals surface area contributed by atoms with Gasteiger partial charge in [-0.1, -0.05) is 12.8 Å². The summed E-state index contributed by atoms with van der Waals surface area (Å²) < 4.78 is 6.45. The van der Waals surface area contributed by atoms with E-state index in [-0.39, 0.29) is 29.4 Å². The maximum Gasteiger partial charge on any atom is 0.326 e. The van der Waals surface area contributed by atoms with E-state index in [2.05, 4.69) is 11.4 Å². The second kappa shape index (κ2) is 6.93. The Bertz CT molecular complexity index is 861. The van der Waals surface area contributed by atoms with Crippen molar-refractivity contribution in [2.45, 2.75) is 106 Å². The van der Waals surface area contributed by atoms with Gasteiger partial charge in [0.25, 0.3) is 0 Å². The summed E-state index contributed by atoms with van der Waals surface area (Å²) in [4.78, 5) is 28.9. The number of nitriles is 1. The third kappa shape index (κ3) is 2.91. The van der Waals surface area contributed by atoms with Gasteiger partial charge in [0.2, 0.25) is 5.91 Å². The minimum absolute atomic E-state index is 0.0348. The zero-order valence-electron chi connectivity index (χ0n) is 19.1. The number of piperidine rings is 1. The molecule has 7 heteroatoms. The normalized spacial score (nSPS) is 45.9. The number of hydrogen-bond acceptors (Lipinski definition) is 6. The number of nitrogens with one attached hydrogen (secondary N) is 1. The zero-order valence-corrected chi connectivity index (χ0v) is 19.1. The molecule has 7 nitrogen and oxygen atoms in total. The Balaban J connectivity index is 1.25. The van der Waals surface area contributed by atoms with Crippen molar-refractivity contribution in [1.82, 2.24) is 10.2 Å². The largest absolute Gasteiger partial charge is 0.458 e. The lowest BCUT2D eigenvalue weighted by Gasteiger charge is -2.62. The van der Waals surface area contributed by atoms with Crippen LogP contribution in [0.2, 0.25) is 0 Å². The van der Waals surface area contributed by atoms with Crippen LogP contribution in [0.5, 0.6) is 0 Å². The van der Waals surface area contributed by atoms with Crippen LogP contribution < -0.4 is 11.1 Å². The molecule has 174 valence electrons. The highest BCUT2D eigenvalue weighted by Gasteiger charge is 2.64. The van der Waals surface area contributed by atoms with Crippen molar-refractivity contribution in [2.75, 3.05) is 7.05 Å². The third-order valence-electron chi connectivity index (χ3n) is 10.1. The number of carbonyl (C=O) groups is 2. The summed E-state index contributed by atoms with van der Waals surface area (Å²) in [5.41, 5.74) is 5.47. The summed E-state index contributed by atoms with van der Waals surface area (Å²) >= 11 is 0. The highest BCUT2D eigenvalue weighted by atomic mass is 16.6. The Morgan fingerprint density at radius 3 is 2.44 bits per heavy atom. The number of ether oxygens (including phenoxy) is 1. The first-order valence-electron chi connectivity index (χ1n) is 12.7. The second-order valence-electron chi connectivity index (χ2n) is 12.1. The summed E-state index contributed by atoms with van der Waals surface area (Å²) in [5.74, 6) is 1.29. The molecule has 1 amide bonds. The molecule has 32 heavy (non-hydrogen) atoms. The van der Waals surface area contributed by atoms with E-state index in [1.165, 1.54) is 0 Å². The predicted molar refractivity (Wildman–Crippen MR) is 117 cm³/mol. The number of esters is 1. The second-order valence-corrected chi connectivity index (χ2v) is 12.1. The standard InChI is InChI=1S/C25H36N4O3/c1-28-25(4-2-3-5-25)22(31)32-24-11-15-6-16(12-24)10-23(9-15,14-24)20(27)21(30)29-18(13-26)7-17-8-19(17)29/h15-20,28H,2-12,14,27H2,1H3/t15?,16?,17-,18+,19+,20-,23?,24?/m1/s1. The van der Waals surface area contributed by atoms with E-state index >= 15 is 0 Å². The molecule has 1 aliphatic heterocycles. The molecule has 0 spiro atoms. The van der Waals surface area contributed by atoms with Crippen LogP contribution in [0.15, 0.2) is 0 Å². The molecule has 0 aromatic heterocycles. The minimum Gasteiger partial charge on any atom is -0.458 e. The molecule has 4 bridgehead atoms. The molecule has 1 saturated heterocycles. The predicted octanol–water partition coefficient (Wildman–Crippen LogP) is 2.24. The first-order chi connectivity index (χ1) is 15.3. The maximum absolute atomic E-state index is 13.6. The van der Waals surface area contributed by atoms with Crippen molar-refractivity contribution in [1.29, 1.82) is 5.26 Å². The highest BCUT2D eigenvalue weighted by Crippen LogP contribution is 2.64. The molecule has 7 rings (SSSR count). The molecule has 1 heterocycles. The van der Waals surface area contributed by atoms with Gasteiger partial charge >= 0.3 is 5.97 Å². The summed E-state index contributed by atoms with van der Waals surface area (Å²) in [6.45, 7) is 0. The lowest BCUT2D eigenvalue weighted by atomic mass is 9.46. The number of carbonyl (C=O) groups excluding carboxylic acids is 2. The van der Waals surface area contributed by atoms with Crippen LogP contribution >= 0.6 is 0 Å². The first-order valence-corrected chi connectivity index (χ1v) is 12.7. The van der Waals surface area contributed by atoms with E-state index < -0.39 is 17.2 Å². The van der Waals surface area contributed by atoms with E-state index in [0.29, 0.717) is 24.2 Å². The Kier molecular flexibility index (Phi) is 4.53. The summed E-state index contributed by atoms with van der Waals surface area (Å²) in [7, 11) is 1.87. The van der Waals surface area contributed by atoms with Gasteiger partial charge in [-0.25, -0.2) is 0 Å². The summed E-state index contributed by atoms with van der Waals surface area (Å²) in [5, 5.41) is 12.9. The Labute approximate surface area is 190 Å². The van der Waals surface area contributed by atoms with Crippen LogP contribution in [0.4, 0.5) is 0 Å². The number of likely N-dealkylation sites (tertiary alicyclic amines) is 1. The van der Waals surface area contributed by atoms with Gasteiger partial charge in [0, 0.05) is 6.04 Å². The molecule has 6 atom stereocenters. The van der Waals surface area contributed by atoms with Gasteiger partial charge in [0.15, 0.2) is 0 Å². The monoisotopic (exact) mass is 440 g/mol. The van der Waals surface area contributed by atoms with Crippen molar-refractivity contribution in [3.05, 3.63) is 0 Å². The number of nitrogens with two attached hydrogens (primary N) is 1. The number of likely N-dealkylation sites (N-methyl/N-ethyl adjacent to an activating group) is 1. The van der Waals surface area contributed by atoms with Crippen LogP contribution in [-0.4, -0.2) is 53.1 Å². The van der Waals surface area contributed by atoms with E-state index in [4.69, 9.17) is 10.5 Å². The van der Waals surface area contributed by atoms with Crippen molar-refractivity contribution in [3.63, 3.8) is 0 Å². The van der Waals surface area contributed by atoms with Gasteiger partial charge < -0.3 is 20.7 Å². The lowest BCUT2D eigenvalue weighted by molar-refractivity contribution is -0.211. The van der Waals surface area contributed by atoms with Crippen molar-refractivity contribution in [2.24, 2.45) is 28.9 Å². The van der Waals surface area contributed by atoms with Gasteiger partial charge in [-0.15, -0.1) is 0 Å². The van der Waals surface area contributed by atoms with E-state index in [1.54, 1.807) is 0 Å².